The number of rotatable bonds is 2. The first-order valence-corrected chi connectivity index (χ1v) is 3.87. The molecule has 1 aliphatic rings. The molecule has 1 heterocycles. The van der Waals surface area contributed by atoms with Gasteiger partial charge in [-0.3, -0.25) is 0 Å². The summed E-state index contributed by atoms with van der Waals surface area (Å²) < 4.78 is 10.5. The van der Waals surface area contributed by atoms with E-state index in [0.29, 0.717) is 6.61 Å². The van der Waals surface area contributed by atoms with Crippen LogP contribution in [0.15, 0.2) is 12.2 Å². The fourth-order valence-electron chi connectivity index (χ4n) is 0.958. The lowest BCUT2D eigenvalue weighted by molar-refractivity contribution is -0.162. The van der Waals surface area contributed by atoms with Crippen LogP contribution < -0.4 is 0 Å². The molecule has 0 spiro atoms. The maximum Gasteiger partial charge on any atom is 0.177 e. The zero-order chi connectivity index (χ0) is 8.27. The molecule has 0 saturated carbocycles. The van der Waals surface area contributed by atoms with Gasteiger partial charge in [0.15, 0.2) is 6.29 Å². The second kappa shape index (κ2) is 3.85. The lowest BCUT2D eigenvalue weighted by Gasteiger charge is -2.26. The van der Waals surface area contributed by atoms with E-state index in [-0.39, 0.29) is 12.4 Å². The largest absolute Gasteiger partial charge is 0.386 e. The molecule has 1 aliphatic heterocycles. The van der Waals surface area contributed by atoms with E-state index in [0.717, 1.165) is 0 Å². The molecular formula is C8H14O3. The standard InChI is InChI=1S/C8H14O3/c1-3-10-8-5-4-7(9)6(2)11-8/h4-9H,3H2,1-2H3/t6-,7+,8+/m0/s1. The zero-order valence-electron chi connectivity index (χ0n) is 6.86. The molecule has 0 saturated heterocycles. The highest BCUT2D eigenvalue weighted by Gasteiger charge is 2.21. The fraction of sp³-hybridized carbons (Fsp3) is 0.750. The van der Waals surface area contributed by atoms with Crippen LogP contribution in [0.2, 0.25) is 0 Å². The number of hydrogen-bond acceptors (Lipinski definition) is 3. The Bertz CT molecular complexity index is 144. The van der Waals surface area contributed by atoms with Gasteiger partial charge in [-0.1, -0.05) is 6.08 Å². The van der Waals surface area contributed by atoms with Crippen LogP contribution in [-0.4, -0.2) is 30.2 Å². The third-order valence-corrected chi connectivity index (χ3v) is 1.63. The van der Waals surface area contributed by atoms with E-state index in [2.05, 4.69) is 0 Å². The number of hydrogen-bond donors (Lipinski definition) is 1. The Labute approximate surface area is 66.6 Å². The van der Waals surface area contributed by atoms with Crippen molar-refractivity contribution in [2.24, 2.45) is 0 Å². The van der Waals surface area contributed by atoms with Gasteiger partial charge in [-0.05, 0) is 19.9 Å². The summed E-state index contributed by atoms with van der Waals surface area (Å²) in [5.74, 6) is 0. The van der Waals surface area contributed by atoms with Gasteiger partial charge in [0.05, 0.1) is 12.2 Å². The molecule has 3 nitrogen and oxygen atoms in total. The molecule has 3 heteroatoms. The average Bonchev–Trinajstić information content (AvgIpc) is 1.98. The Kier molecular flexibility index (Phi) is 3.05. The van der Waals surface area contributed by atoms with E-state index in [9.17, 15) is 5.11 Å². The Morgan fingerprint density at radius 1 is 1.55 bits per heavy atom. The van der Waals surface area contributed by atoms with E-state index >= 15 is 0 Å². The number of ether oxygens (including phenoxy) is 2. The van der Waals surface area contributed by atoms with Crippen molar-refractivity contribution in [3.8, 4) is 0 Å². The van der Waals surface area contributed by atoms with Crippen LogP contribution in [0.3, 0.4) is 0 Å². The van der Waals surface area contributed by atoms with Crippen LogP contribution >= 0.6 is 0 Å². The first-order valence-electron chi connectivity index (χ1n) is 3.87. The summed E-state index contributed by atoms with van der Waals surface area (Å²) in [5.41, 5.74) is 0. The van der Waals surface area contributed by atoms with Crippen molar-refractivity contribution in [1.82, 2.24) is 0 Å². The van der Waals surface area contributed by atoms with E-state index in [4.69, 9.17) is 9.47 Å². The predicted molar refractivity (Wildman–Crippen MR) is 41.1 cm³/mol. The molecule has 3 atom stereocenters. The van der Waals surface area contributed by atoms with Crippen molar-refractivity contribution in [3.05, 3.63) is 12.2 Å². The predicted octanol–water partition coefficient (Wildman–Crippen LogP) is 0.685. The van der Waals surface area contributed by atoms with E-state index in [1.807, 2.05) is 13.8 Å². The molecule has 0 fully saturated rings. The van der Waals surface area contributed by atoms with Gasteiger partial charge in [-0.15, -0.1) is 0 Å². The third-order valence-electron chi connectivity index (χ3n) is 1.63. The van der Waals surface area contributed by atoms with Crippen molar-refractivity contribution in [2.75, 3.05) is 6.61 Å². The molecule has 0 amide bonds. The van der Waals surface area contributed by atoms with Gasteiger partial charge in [0.25, 0.3) is 0 Å². The van der Waals surface area contributed by atoms with Gasteiger partial charge >= 0.3 is 0 Å². The Morgan fingerprint density at radius 2 is 2.27 bits per heavy atom. The van der Waals surface area contributed by atoms with Crippen molar-refractivity contribution >= 4 is 0 Å². The molecule has 1 rings (SSSR count). The first-order chi connectivity index (χ1) is 5.24. The van der Waals surface area contributed by atoms with Gasteiger partial charge in [0.1, 0.15) is 0 Å². The quantitative estimate of drug-likeness (QED) is 0.601. The highest BCUT2D eigenvalue weighted by molar-refractivity contribution is 4.98. The Morgan fingerprint density at radius 3 is 2.82 bits per heavy atom. The highest BCUT2D eigenvalue weighted by atomic mass is 16.7. The van der Waals surface area contributed by atoms with Crippen LogP contribution in [-0.2, 0) is 9.47 Å². The van der Waals surface area contributed by atoms with Crippen LogP contribution in [0.25, 0.3) is 0 Å². The summed E-state index contributed by atoms with van der Waals surface area (Å²) in [4.78, 5) is 0. The fourth-order valence-corrected chi connectivity index (χ4v) is 0.958. The summed E-state index contributed by atoms with van der Waals surface area (Å²) in [6, 6.07) is 0. The number of aliphatic hydroxyl groups excluding tert-OH is 1. The van der Waals surface area contributed by atoms with Crippen molar-refractivity contribution in [1.29, 1.82) is 0 Å². The average molecular weight is 158 g/mol. The van der Waals surface area contributed by atoms with Crippen LogP contribution in [0, 0.1) is 0 Å². The number of aliphatic hydroxyl groups is 1. The molecule has 1 N–H and O–H groups in total. The minimum absolute atomic E-state index is 0.170. The topological polar surface area (TPSA) is 38.7 Å². The van der Waals surface area contributed by atoms with E-state index in [1.165, 1.54) is 0 Å². The minimum atomic E-state index is -0.494. The van der Waals surface area contributed by atoms with Crippen LogP contribution in [0.4, 0.5) is 0 Å². The summed E-state index contributed by atoms with van der Waals surface area (Å²) in [6.07, 6.45) is 2.49. The van der Waals surface area contributed by atoms with Crippen molar-refractivity contribution < 1.29 is 14.6 Å². The van der Waals surface area contributed by atoms with Crippen molar-refractivity contribution in [3.63, 3.8) is 0 Å². The molecule has 64 valence electrons. The van der Waals surface area contributed by atoms with E-state index in [1.54, 1.807) is 12.2 Å². The maximum atomic E-state index is 9.20. The molecule has 0 aromatic rings. The molecule has 0 aliphatic carbocycles. The zero-order valence-corrected chi connectivity index (χ0v) is 6.86. The second-order valence-corrected chi connectivity index (χ2v) is 2.54. The lowest BCUT2D eigenvalue weighted by atomic mass is 10.2. The molecule has 0 aromatic heterocycles. The second-order valence-electron chi connectivity index (χ2n) is 2.54. The minimum Gasteiger partial charge on any atom is -0.386 e. The smallest absolute Gasteiger partial charge is 0.177 e. The monoisotopic (exact) mass is 158 g/mol. The molecule has 11 heavy (non-hydrogen) atoms. The highest BCUT2D eigenvalue weighted by Crippen LogP contribution is 2.12. The lowest BCUT2D eigenvalue weighted by Crippen LogP contribution is -2.33. The van der Waals surface area contributed by atoms with Crippen LogP contribution in [0.5, 0.6) is 0 Å². The van der Waals surface area contributed by atoms with Gasteiger partial charge in [0.2, 0.25) is 0 Å². The molecule has 0 radical (unpaired) electrons. The van der Waals surface area contributed by atoms with E-state index < -0.39 is 6.10 Å². The SMILES string of the molecule is CCO[C@H]1C=C[C@@H](O)[C@H](C)O1. The van der Waals surface area contributed by atoms with Crippen molar-refractivity contribution in [2.45, 2.75) is 32.3 Å². The summed E-state index contributed by atoms with van der Waals surface area (Å²) in [6.45, 7) is 4.35. The molecule has 0 bridgehead atoms. The normalized spacial score (nSPS) is 37.5. The Balaban J connectivity index is 2.43. The van der Waals surface area contributed by atoms with Gasteiger partial charge < -0.3 is 14.6 Å². The molecular weight excluding hydrogens is 144 g/mol. The van der Waals surface area contributed by atoms with Crippen LogP contribution in [0.1, 0.15) is 13.8 Å². The Hall–Kier alpha value is -0.380. The molecule has 0 aromatic carbocycles. The first kappa shape index (κ1) is 8.71. The third kappa shape index (κ3) is 2.29. The molecule has 0 unspecified atom stereocenters. The van der Waals surface area contributed by atoms with Gasteiger partial charge in [-0.25, -0.2) is 0 Å². The van der Waals surface area contributed by atoms with Gasteiger partial charge in [-0.2, -0.15) is 0 Å². The van der Waals surface area contributed by atoms with Gasteiger partial charge in [0, 0.05) is 6.61 Å². The summed E-state index contributed by atoms with van der Waals surface area (Å²) >= 11 is 0. The summed E-state index contributed by atoms with van der Waals surface area (Å²) in [5, 5.41) is 9.20. The maximum absolute atomic E-state index is 9.20. The summed E-state index contributed by atoms with van der Waals surface area (Å²) in [7, 11) is 0.